The molecule has 0 fully saturated rings. The van der Waals surface area contributed by atoms with Crippen LogP contribution in [0.3, 0.4) is 0 Å². The molecule has 0 aliphatic heterocycles. The largest absolute Gasteiger partial charge is 0.466 e. The van der Waals surface area contributed by atoms with Gasteiger partial charge in [-0.25, -0.2) is 9.59 Å². The molecular formula is C8H14NO5. The smallest absolute Gasteiger partial charge is 0.410 e. The molecule has 0 saturated carbocycles. The van der Waals surface area contributed by atoms with Crippen molar-refractivity contribution in [1.29, 1.82) is 0 Å². The van der Waals surface area contributed by atoms with Gasteiger partial charge < -0.3 is 9.47 Å². The van der Waals surface area contributed by atoms with Gasteiger partial charge in [0.25, 0.3) is 6.23 Å². The highest BCUT2D eigenvalue weighted by Gasteiger charge is 2.23. The molecule has 1 N–H and O–H groups in total. The van der Waals surface area contributed by atoms with Gasteiger partial charge in [0.15, 0.2) is 0 Å². The highest BCUT2D eigenvalue weighted by Crippen LogP contribution is 2.06. The minimum absolute atomic E-state index is 0.708. The van der Waals surface area contributed by atoms with Crippen LogP contribution in [-0.4, -0.2) is 31.0 Å². The van der Waals surface area contributed by atoms with E-state index in [-0.39, 0.29) is 0 Å². The van der Waals surface area contributed by atoms with E-state index < -0.39 is 23.9 Å². The Balaban J connectivity index is 4.01. The van der Waals surface area contributed by atoms with Gasteiger partial charge in [-0.05, 0) is 20.8 Å². The van der Waals surface area contributed by atoms with Crippen molar-refractivity contribution in [2.24, 2.45) is 0 Å². The van der Waals surface area contributed by atoms with Gasteiger partial charge >= 0.3 is 12.1 Å². The van der Waals surface area contributed by atoms with Gasteiger partial charge in [-0.1, -0.05) is 0 Å². The molecule has 0 aliphatic carbocycles. The lowest BCUT2D eigenvalue weighted by molar-refractivity contribution is -0.156. The molecule has 6 heteroatoms. The molecule has 0 bridgehead atoms. The second-order valence-corrected chi connectivity index (χ2v) is 3.55. The predicted octanol–water partition coefficient (Wildman–Crippen LogP) is 0.441. The van der Waals surface area contributed by atoms with E-state index in [1.54, 1.807) is 26.1 Å². The summed E-state index contributed by atoms with van der Waals surface area (Å²) in [6.07, 6.45) is -2.89. The average molecular weight is 204 g/mol. The van der Waals surface area contributed by atoms with Crippen LogP contribution >= 0.6 is 0 Å². The Morgan fingerprint density at radius 2 is 1.79 bits per heavy atom. The van der Waals surface area contributed by atoms with Crippen molar-refractivity contribution in [3.8, 4) is 0 Å². The maximum Gasteiger partial charge on any atom is 0.410 e. The first-order chi connectivity index (χ1) is 6.26. The van der Waals surface area contributed by atoms with Crippen LogP contribution in [0.5, 0.6) is 0 Å². The number of alkyl carbamates (subject to hydrolysis) is 1. The van der Waals surface area contributed by atoms with Gasteiger partial charge in [0.05, 0.1) is 7.11 Å². The van der Waals surface area contributed by atoms with Crippen molar-refractivity contribution in [3.63, 3.8) is 0 Å². The average Bonchev–Trinajstić information content (AvgIpc) is 1.99. The van der Waals surface area contributed by atoms with E-state index in [2.05, 4.69) is 4.74 Å². The standard InChI is InChI=1S/C8H14NO5/c1-8(2,3)14-7(12)9-5(10)6(11)13-4/h5H,1-4H3,(H,9,12)/t5-/m0/s1. The highest BCUT2D eigenvalue weighted by molar-refractivity contribution is 5.79. The summed E-state index contributed by atoms with van der Waals surface area (Å²) in [7, 11) is 1.06. The summed E-state index contributed by atoms with van der Waals surface area (Å²) in [5, 5.41) is 12.7. The molecule has 0 unspecified atom stereocenters. The van der Waals surface area contributed by atoms with Crippen molar-refractivity contribution < 1.29 is 24.2 Å². The number of hydrogen-bond donors (Lipinski definition) is 1. The van der Waals surface area contributed by atoms with Crippen molar-refractivity contribution in [2.45, 2.75) is 32.6 Å². The van der Waals surface area contributed by atoms with Gasteiger partial charge in [0, 0.05) is 0 Å². The Morgan fingerprint density at radius 1 is 1.29 bits per heavy atom. The van der Waals surface area contributed by atoms with Crippen molar-refractivity contribution in [1.82, 2.24) is 5.32 Å². The number of rotatable bonds is 2. The number of hydrogen-bond acceptors (Lipinski definition) is 4. The molecule has 0 aromatic carbocycles. The molecule has 81 valence electrons. The van der Waals surface area contributed by atoms with E-state index in [1.165, 1.54) is 0 Å². The quantitative estimate of drug-likeness (QED) is 0.522. The molecule has 0 aromatic heterocycles. The summed E-state index contributed by atoms with van der Waals surface area (Å²) in [6.45, 7) is 4.93. The van der Waals surface area contributed by atoms with E-state index in [0.29, 0.717) is 0 Å². The Morgan fingerprint density at radius 3 is 2.14 bits per heavy atom. The molecule has 0 spiro atoms. The lowest BCUT2D eigenvalue weighted by Gasteiger charge is -2.20. The number of carbonyl (C=O) groups excluding carboxylic acids is 2. The Kier molecular flexibility index (Phi) is 4.36. The summed E-state index contributed by atoms with van der Waals surface area (Å²) in [4.78, 5) is 21.6. The Labute approximate surface area is 82.2 Å². The molecule has 0 saturated heterocycles. The fourth-order valence-corrected chi connectivity index (χ4v) is 0.581. The zero-order chi connectivity index (χ0) is 11.4. The van der Waals surface area contributed by atoms with Crippen LogP contribution in [0, 0.1) is 0 Å². The maximum absolute atomic E-state index is 10.9. The van der Waals surface area contributed by atoms with Gasteiger partial charge in [-0.2, -0.15) is 5.11 Å². The van der Waals surface area contributed by atoms with E-state index >= 15 is 0 Å². The summed E-state index contributed by atoms with van der Waals surface area (Å²) in [5.74, 6) is -1.06. The van der Waals surface area contributed by atoms with Crippen molar-refractivity contribution in [2.75, 3.05) is 7.11 Å². The minimum Gasteiger partial charge on any atom is -0.466 e. The second-order valence-electron chi connectivity index (χ2n) is 3.55. The number of amides is 1. The molecule has 0 aromatic rings. The van der Waals surface area contributed by atoms with Crippen LogP contribution < -0.4 is 5.32 Å². The molecule has 1 atom stereocenters. The highest BCUT2D eigenvalue weighted by atomic mass is 16.6. The molecule has 1 radical (unpaired) electrons. The predicted molar refractivity (Wildman–Crippen MR) is 45.9 cm³/mol. The fourth-order valence-electron chi connectivity index (χ4n) is 0.581. The van der Waals surface area contributed by atoms with Gasteiger partial charge in [0.2, 0.25) is 0 Å². The van der Waals surface area contributed by atoms with Crippen LogP contribution in [0.25, 0.3) is 0 Å². The Hall–Kier alpha value is -1.30. The minimum atomic E-state index is -1.95. The molecule has 14 heavy (non-hydrogen) atoms. The summed E-state index contributed by atoms with van der Waals surface area (Å²) in [5.41, 5.74) is -0.708. The van der Waals surface area contributed by atoms with E-state index in [1.807, 2.05) is 0 Å². The third kappa shape index (κ3) is 5.36. The van der Waals surface area contributed by atoms with Crippen LogP contribution in [0.4, 0.5) is 4.79 Å². The Bertz CT molecular complexity index is 220. The first kappa shape index (κ1) is 12.7. The zero-order valence-corrected chi connectivity index (χ0v) is 8.62. The van der Waals surface area contributed by atoms with Gasteiger partial charge in [0.1, 0.15) is 5.60 Å². The number of nitrogens with one attached hydrogen (secondary N) is 1. The normalized spacial score (nSPS) is 12.9. The number of ether oxygens (including phenoxy) is 2. The number of methoxy groups -OCH3 is 1. The fraction of sp³-hybridized carbons (Fsp3) is 0.750. The number of esters is 1. The molecule has 0 rings (SSSR count). The molecule has 1 amide bonds. The van der Waals surface area contributed by atoms with E-state index in [4.69, 9.17) is 4.74 Å². The van der Waals surface area contributed by atoms with E-state index in [0.717, 1.165) is 7.11 Å². The van der Waals surface area contributed by atoms with Crippen molar-refractivity contribution >= 4 is 12.1 Å². The maximum atomic E-state index is 10.9. The molecule has 0 aliphatic rings. The zero-order valence-electron chi connectivity index (χ0n) is 8.62. The van der Waals surface area contributed by atoms with Crippen molar-refractivity contribution in [3.05, 3.63) is 0 Å². The lowest BCUT2D eigenvalue weighted by atomic mass is 10.2. The van der Waals surface area contributed by atoms with Crippen LogP contribution in [0.1, 0.15) is 20.8 Å². The second kappa shape index (κ2) is 4.80. The lowest BCUT2D eigenvalue weighted by Crippen LogP contribution is -2.43. The molecule has 0 heterocycles. The SMILES string of the molecule is COC(=O)[C@H]([O])NC(=O)OC(C)(C)C. The van der Waals surface area contributed by atoms with Gasteiger partial charge in [-0.3, -0.25) is 5.32 Å². The molecule has 6 nitrogen and oxygen atoms in total. The summed E-state index contributed by atoms with van der Waals surface area (Å²) >= 11 is 0. The molecular weight excluding hydrogens is 190 g/mol. The first-order valence-corrected chi connectivity index (χ1v) is 3.99. The third-order valence-corrected chi connectivity index (χ3v) is 1.06. The van der Waals surface area contributed by atoms with Gasteiger partial charge in [-0.15, -0.1) is 0 Å². The van der Waals surface area contributed by atoms with Crippen LogP contribution in [0.15, 0.2) is 0 Å². The summed E-state index contributed by atoms with van der Waals surface area (Å²) < 4.78 is 8.87. The first-order valence-electron chi connectivity index (χ1n) is 3.99. The topological polar surface area (TPSA) is 84.5 Å². The third-order valence-electron chi connectivity index (χ3n) is 1.06. The van der Waals surface area contributed by atoms with Crippen LogP contribution in [0.2, 0.25) is 0 Å². The van der Waals surface area contributed by atoms with Crippen LogP contribution in [-0.2, 0) is 19.4 Å². The number of carbonyl (C=O) groups is 2. The summed E-state index contributed by atoms with van der Waals surface area (Å²) in [6, 6.07) is 0. The monoisotopic (exact) mass is 204 g/mol. The van der Waals surface area contributed by atoms with E-state index in [9.17, 15) is 14.7 Å².